The van der Waals surface area contributed by atoms with E-state index in [-0.39, 0.29) is 5.78 Å². The summed E-state index contributed by atoms with van der Waals surface area (Å²) >= 11 is 3.40. The Balaban J connectivity index is 2.57. The summed E-state index contributed by atoms with van der Waals surface area (Å²) in [4.78, 5) is 16.2. The van der Waals surface area contributed by atoms with E-state index in [1.165, 1.54) is 0 Å². The summed E-state index contributed by atoms with van der Waals surface area (Å²) in [5.41, 5.74) is 10.0. The highest BCUT2D eigenvalue weighted by molar-refractivity contribution is 9.10. The van der Waals surface area contributed by atoms with Gasteiger partial charge in [0.1, 0.15) is 19.4 Å². The molecule has 2 N–H and O–H groups in total. The van der Waals surface area contributed by atoms with Crippen molar-refractivity contribution in [2.75, 3.05) is 5.73 Å². The smallest absolute Gasteiger partial charge is 0.237 e. The van der Waals surface area contributed by atoms with Gasteiger partial charge in [0.2, 0.25) is 5.78 Å². The number of nitrogens with two attached hydrogens (primary N) is 1. The van der Waals surface area contributed by atoms with Crippen molar-refractivity contribution < 1.29 is 4.79 Å². The van der Waals surface area contributed by atoms with Crippen LogP contribution in [0.1, 0.15) is 10.4 Å². The zero-order valence-electron chi connectivity index (χ0n) is 11.0. The summed E-state index contributed by atoms with van der Waals surface area (Å²) in [7, 11) is -1.57. The lowest BCUT2D eigenvalue weighted by Crippen LogP contribution is -2.17. The van der Waals surface area contributed by atoms with Gasteiger partial charge in [0.05, 0.1) is 10.2 Å². The number of aromatic nitrogens is 2. The molecule has 19 heavy (non-hydrogen) atoms. The summed E-state index contributed by atoms with van der Waals surface area (Å²) in [6.45, 7) is 6.28. The van der Waals surface area contributed by atoms with Crippen molar-refractivity contribution in [1.82, 2.24) is 9.38 Å². The summed E-state index contributed by atoms with van der Waals surface area (Å²) in [5, 5.41) is 0. The molecular weight excluding hydrogens is 322 g/mol. The molecule has 0 aliphatic rings. The minimum Gasteiger partial charge on any atom is -0.382 e. The number of anilines is 1. The van der Waals surface area contributed by atoms with Gasteiger partial charge in [0.25, 0.3) is 0 Å². The fourth-order valence-electron chi connectivity index (χ4n) is 1.63. The van der Waals surface area contributed by atoms with Crippen LogP contribution in [0.5, 0.6) is 0 Å². The Hall–Kier alpha value is -1.58. The molecule has 0 saturated carbocycles. The van der Waals surface area contributed by atoms with Crippen LogP contribution in [-0.4, -0.2) is 23.2 Å². The molecule has 0 aliphatic heterocycles. The zero-order chi connectivity index (χ0) is 14.2. The van der Waals surface area contributed by atoms with Crippen molar-refractivity contribution in [1.29, 1.82) is 0 Å². The van der Waals surface area contributed by atoms with Gasteiger partial charge < -0.3 is 10.1 Å². The summed E-state index contributed by atoms with van der Waals surface area (Å²) in [6, 6.07) is 1.73. The first kappa shape index (κ1) is 13.8. The van der Waals surface area contributed by atoms with Crippen molar-refractivity contribution in [3.63, 3.8) is 0 Å². The van der Waals surface area contributed by atoms with Crippen molar-refractivity contribution in [2.24, 2.45) is 0 Å². The quantitative estimate of drug-likeness (QED) is 0.495. The summed E-state index contributed by atoms with van der Waals surface area (Å²) < 4.78 is 2.54. The van der Waals surface area contributed by atoms with Crippen LogP contribution in [0, 0.1) is 11.5 Å². The van der Waals surface area contributed by atoms with Crippen LogP contribution in [0.25, 0.3) is 5.52 Å². The van der Waals surface area contributed by atoms with E-state index in [0.29, 0.717) is 16.9 Å². The van der Waals surface area contributed by atoms with Crippen LogP contribution in [0.3, 0.4) is 0 Å². The maximum Gasteiger partial charge on any atom is 0.237 e. The monoisotopic (exact) mass is 335 g/mol. The fraction of sp³-hybridized carbons (Fsp3) is 0.231. The van der Waals surface area contributed by atoms with Gasteiger partial charge in [-0.3, -0.25) is 4.79 Å². The molecule has 0 bridgehead atoms. The molecule has 0 spiro atoms. The Bertz CT molecular complexity index is 719. The molecule has 0 atom stereocenters. The van der Waals surface area contributed by atoms with Gasteiger partial charge in [-0.2, -0.15) is 0 Å². The molecule has 98 valence electrons. The SMILES string of the molecule is C[Si](C)(C)C#CC(=O)c1cc(Br)n2ccnc(N)c12. The van der Waals surface area contributed by atoms with E-state index in [4.69, 9.17) is 5.73 Å². The van der Waals surface area contributed by atoms with E-state index < -0.39 is 8.07 Å². The molecule has 0 aliphatic carbocycles. The zero-order valence-corrected chi connectivity index (χ0v) is 13.6. The van der Waals surface area contributed by atoms with Crippen molar-refractivity contribution in [3.05, 3.63) is 28.6 Å². The van der Waals surface area contributed by atoms with E-state index in [0.717, 1.165) is 4.60 Å². The molecule has 4 nitrogen and oxygen atoms in total. The van der Waals surface area contributed by atoms with E-state index >= 15 is 0 Å². The molecule has 0 amide bonds. The third-order valence-electron chi connectivity index (χ3n) is 2.46. The molecule has 2 rings (SSSR count). The first-order chi connectivity index (χ1) is 8.79. The van der Waals surface area contributed by atoms with Gasteiger partial charge in [0.15, 0.2) is 0 Å². The van der Waals surface area contributed by atoms with Crippen LogP contribution in [0.15, 0.2) is 23.1 Å². The maximum atomic E-state index is 12.2. The van der Waals surface area contributed by atoms with Crippen LogP contribution in [0.2, 0.25) is 19.6 Å². The Kier molecular flexibility index (Phi) is 3.52. The second kappa shape index (κ2) is 4.83. The number of hydrogen-bond donors (Lipinski definition) is 1. The minimum atomic E-state index is -1.57. The van der Waals surface area contributed by atoms with Crippen molar-refractivity contribution >= 4 is 41.1 Å². The second-order valence-corrected chi connectivity index (χ2v) is 10.8. The molecule has 6 heteroatoms. The highest BCUT2D eigenvalue weighted by atomic mass is 79.9. The Morgan fingerprint density at radius 3 is 2.79 bits per heavy atom. The van der Waals surface area contributed by atoms with E-state index in [1.54, 1.807) is 22.9 Å². The lowest BCUT2D eigenvalue weighted by Gasteiger charge is -2.03. The standard InChI is InChI=1S/C13H14BrN3OSi/c1-19(2,3)7-4-10(18)9-8-11(14)17-6-5-16-13(15)12(9)17/h5-6,8H,1-3H3,(H2,15,16). The fourth-order valence-corrected chi connectivity index (χ4v) is 2.64. The van der Waals surface area contributed by atoms with Crippen LogP contribution < -0.4 is 5.73 Å². The van der Waals surface area contributed by atoms with Crippen LogP contribution in [0.4, 0.5) is 5.82 Å². The largest absolute Gasteiger partial charge is 0.382 e. The third kappa shape index (κ3) is 2.88. The van der Waals surface area contributed by atoms with Crippen LogP contribution in [-0.2, 0) is 0 Å². The first-order valence-corrected chi connectivity index (χ1v) is 10.1. The molecule has 0 radical (unpaired) electrons. The number of fused-ring (bicyclic) bond motifs is 1. The highest BCUT2D eigenvalue weighted by Crippen LogP contribution is 2.24. The van der Waals surface area contributed by atoms with Gasteiger partial charge in [0, 0.05) is 12.4 Å². The second-order valence-electron chi connectivity index (χ2n) is 5.24. The average molecular weight is 336 g/mol. The Morgan fingerprint density at radius 2 is 2.16 bits per heavy atom. The van der Waals surface area contributed by atoms with E-state index in [1.807, 2.05) is 0 Å². The predicted octanol–water partition coefficient (Wildman–Crippen LogP) is 2.74. The third-order valence-corrected chi connectivity index (χ3v) is 3.94. The first-order valence-electron chi connectivity index (χ1n) is 5.78. The number of nitrogens with zero attached hydrogens (tertiary/aromatic N) is 2. The molecule has 0 aromatic carbocycles. The number of hydrogen-bond acceptors (Lipinski definition) is 3. The molecule has 0 saturated heterocycles. The normalized spacial score (nSPS) is 11.2. The number of Topliss-reactive ketones (excluding diaryl/α,β-unsaturated/α-hetero) is 1. The summed E-state index contributed by atoms with van der Waals surface area (Å²) in [6.07, 6.45) is 3.34. The molecule has 0 fully saturated rings. The highest BCUT2D eigenvalue weighted by Gasteiger charge is 2.16. The van der Waals surface area contributed by atoms with Crippen molar-refractivity contribution in [2.45, 2.75) is 19.6 Å². The van der Waals surface area contributed by atoms with E-state index in [2.05, 4.69) is 52.0 Å². The number of nitrogen functional groups attached to an aromatic ring is 1. The Labute approximate surface area is 121 Å². The number of rotatable bonds is 1. The number of carbonyl (C=O) groups excluding carboxylic acids is 1. The van der Waals surface area contributed by atoms with Gasteiger partial charge in [-0.05, 0) is 27.9 Å². The molecule has 2 aromatic heterocycles. The molecule has 2 aromatic rings. The van der Waals surface area contributed by atoms with Gasteiger partial charge in [-0.15, -0.1) is 5.54 Å². The average Bonchev–Trinajstić information content (AvgIpc) is 2.65. The Morgan fingerprint density at radius 1 is 1.47 bits per heavy atom. The molecule has 2 heterocycles. The van der Waals surface area contributed by atoms with Crippen LogP contribution >= 0.6 is 15.9 Å². The van der Waals surface area contributed by atoms with Crippen molar-refractivity contribution in [3.8, 4) is 11.5 Å². The number of halogens is 1. The van der Waals surface area contributed by atoms with Gasteiger partial charge in [-0.1, -0.05) is 19.6 Å². The van der Waals surface area contributed by atoms with Gasteiger partial charge in [-0.25, -0.2) is 4.98 Å². The van der Waals surface area contributed by atoms with Gasteiger partial charge >= 0.3 is 0 Å². The lowest BCUT2D eigenvalue weighted by atomic mass is 10.2. The van der Waals surface area contributed by atoms with E-state index in [9.17, 15) is 4.79 Å². The number of ketones is 1. The molecular formula is C13H14BrN3OSi. The lowest BCUT2D eigenvalue weighted by molar-refractivity contribution is 0.105. The topological polar surface area (TPSA) is 60.4 Å². The predicted molar refractivity (Wildman–Crippen MR) is 82.8 cm³/mol. The minimum absolute atomic E-state index is 0.217. The molecule has 0 unspecified atom stereocenters. The maximum absolute atomic E-state index is 12.2. The summed E-state index contributed by atoms with van der Waals surface area (Å²) in [5.74, 6) is 2.83. The number of carbonyl (C=O) groups is 1.